The van der Waals surface area contributed by atoms with Gasteiger partial charge >= 0.3 is 0 Å². The van der Waals surface area contributed by atoms with Gasteiger partial charge in [0.1, 0.15) is 6.61 Å². The maximum Gasteiger partial charge on any atom is 0.252 e. The standard InChI is InChI=1S/C20H25N3O3/c24-19(11-8-15-5-2-1-3-6-15)23-12-4-7-17(13-23)25-14-18-21-20(22-26-18)16-9-10-16/h1-3,5-6,16-17H,4,7-14H2/t17-/m0/s1. The van der Waals surface area contributed by atoms with E-state index in [4.69, 9.17) is 9.26 Å². The Bertz CT molecular complexity index is 727. The second-order valence-electron chi connectivity index (χ2n) is 7.22. The Kier molecular flexibility index (Phi) is 5.29. The van der Waals surface area contributed by atoms with E-state index in [0.717, 1.165) is 44.5 Å². The number of aryl methyl sites for hydroxylation is 1. The Hall–Kier alpha value is -2.21. The van der Waals surface area contributed by atoms with Crippen LogP contribution in [0.25, 0.3) is 0 Å². The highest BCUT2D eigenvalue weighted by Crippen LogP contribution is 2.38. The van der Waals surface area contributed by atoms with Crippen molar-refractivity contribution in [2.45, 2.75) is 57.2 Å². The molecule has 1 saturated carbocycles. The lowest BCUT2D eigenvalue weighted by Gasteiger charge is -2.32. The molecule has 1 atom stereocenters. The van der Waals surface area contributed by atoms with E-state index < -0.39 is 0 Å². The number of carbonyl (C=O) groups excluding carboxylic acids is 1. The van der Waals surface area contributed by atoms with Crippen molar-refractivity contribution in [1.82, 2.24) is 15.0 Å². The Morgan fingerprint density at radius 2 is 2.08 bits per heavy atom. The van der Waals surface area contributed by atoms with E-state index in [1.807, 2.05) is 23.1 Å². The van der Waals surface area contributed by atoms with Crippen molar-refractivity contribution in [1.29, 1.82) is 0 Å². The van der Waals surface area contributed by atoms with Crippen LogP contribution in [-0.2, 0) is 22.6 Å². The molecule has 2 aromatic rings. The number of amides is 1. The molecule has 1 aliphatic heterocycles. The number of hydrogen-bond acceptors (Lipinski definition) is 5. The molecular weight excluding hydrogens is 330 g/mol. The number of hydrogen-bond donors (Lipinski definition) is 0. The monoisotopic (exact) mass is 355 g/mol. The van der Waals surface area contributed by atoms with Crippen molar-refractivity contribution in [3.05, 3.63) is 47.6 Å². The van der Waals surface area contributed by atoms with Crippen LogP contribution in [0.2, 0.25) is 0 Å². The molecule has 0 unspecified atom stereocenters. The van der Waals surface area contributed by atoms with Crippen LogP contribution >= 0.6 is 0 Å². The molecular formula is C20H25N3O3. The number of benzene rings is 1. The Morgan fingerprint density at radius 3 is 2.88 bits per heavy atom. The lowest BCUT2D eigenvalue weighted by atomic mass is 10.1. The van der Waals surface area contributed by atoms with E-state index in [2.05, 4.69) is 22.3 Å². The number of aromatic nitrogens is 2. The number of likely N-dealkylation sites (tertiary alicyclic amines) is 1. The van der Waals surface area contributed by atoms with Crippen LogP contribution < -0.4 is 0 Å². The third kappa shape index (κ3) is 4.49. The van der Waals surface area contributed by atoms with Crippen molar-refractivity contribution in [2.75, 3.05) is 13.1 Å². The molecule has 1 saturated heterocycles. The summed E-state index contributed by atoms with van der Waals surface area (Å²) in [6.07, 6.45) is 5.62. The molecule has 6 nitrogen and oxygen atoms in total. The zero-order valence-electron chi connectivity index (χ0n) is 15.0. The summed E-state index contributed by atoms with van der Waals surface area (Å²) in [6, 6.07) is 10.1. The van der Waals surface area contributed by atoms with Crippen molar-refractivity contribution in [3.63, 3.8) is 0 Å². The zero-order valence-corrected chi connectivity index (χ0v) is 15.0. The number of carbonyl (C=O) groups is 1. The van der Waals surface area contributed by atoms with Crippen LogP contribution in [0.5, 0.6) is 0 Å². The van der Waals surface area contributed by atoms with E-state index >= 15 is 0 Å². The summed E-state index contributed by atoms with van der Waals surface area (Å²) in [6.45, 7) is 1.80. The van der Waals surface area contributed by atoms with E-state index in [1.165, 1.54) is 5.56 Å². The molecule has 26 heavy (non-hydrogen) atoms. The van der Waals surface area contributed by atoms with Crippen LogP contribution in [0.15, 0.2) is 34.9 Å². The van der Waals surface area contributed by atoms with E-state index in [9.17, 15) is 4.79 Å². The highest BCUT2D eigenvalue weighted by molar-refractivity contribution is 5.76. The number of nitrogens with zero attached hydrogens (tertiary/aromatic N) is 3. The third-order valence-electron chi connectivity index (χ3n) is 5.07. The number of ether oxygens (including phenoxy) is 1. The second kappa shape index (κ2) is 7.99. The maximum absolute atomic E-state index is 12.5. The van der Waals surface area contributed by atoms with Gasteiger partial charge in [0.2, 0.25) is 5.91 Å². The van der Waals surface area contributed by atoms with Gasteiger partial charge in [0, 0.05) is 25.4 Å². The van der Waals surface area contributed by atoms with Gasteiger partial charge in [-0.05, 0) is 37.7 Å². The topological polar surface area (TPSA) is 68.5 Å². The molecule has 138 valence electrons. The maximum atomic E-state index is 12.5. The highest BCUT2D eigenvalue weighted by Gasteiger charge is 2.29. The van der Waals surface area contributed by atoms with Gasteiger partial charge in [0.05, 0.1) is 6.10 Å². The molecule has 4 rings (SSSR count). The zero-order chi connectivity index (χ0) is 17.8. The molecule has 1 amide bonds. The first-order valence-corrected chi connectivity index (χ1v) is 9.54. The lowest BCUT2D eigenvalue weighted by Crippen LogP contribution is -2.43. The predicted octanol–water partition coefficient (Wildman–Crippen LogP) is 3.09. The molecule has 1 aromatic carbocycles. The Morgan fingerprint density at radius 1 is 1.23 bits per heavy atom. The fraction of sp³-hybridized carbons (Fsp3) is 0.550. The molecule has 0 bridgehead atoms. The Balaban J connectivity index is 1.23. The molecule has 1 aliphatic carbocycles. The van der Waals surface area contributed by atoms with Crippen molar-refractivity contribution in [3.8, 4) is 0 Å². The summed E-state index contributed by atoms with van der Waals surface area (Å²) in [7, 11) is 0. The molecule has 0 N–H and O–H groups in total. The minimum absolute atomic E-state index is 0.0423. The van der Waals surface area contributed by atoms with Gasteiger partial charge in [-0.2, -0.15) is 4.98 Å². The summed E-state index contributed by atoms with van der Waals surface area (Å²) in [5, 5.41) is 4.01. The minimum Gasteiger partial charge on any atom is -0.367 e. The summed E-state index contributed by atoms with van der Waals surface area (Å²) in [5.41, 5.74) is 1.20. The largest absolute Gasteiger partial charge is 0.367 e. The molecule has 0 radical (unpaired) electrons. The lowest BCUT2D eigenvalue weighted by molar-refractivity contribution is -0.135. The number of piperidine rings is 1. The van der Waals surface area contributed by atoms with Gasteiger partial charge in [-0.15, -0.1) is 0 Å². The fourth-order valence-electron chi connectivity index (χ4n) is 3.38. The van der Waals surface area contributed by atoms with Crippen LogP contribution in [0.1, 0.15) is 55.3 Å². The predicted molar refractivity (Wildman–Crippen MR) is 95.4 cm³/mol. The average molecular weight is 355 g/mol. The van der Waals surface area contributed by atoms with Crippen LogP contribution in [0.4, 0.5) is 0 Å². The van der Waals surface area contributed by atoms with Crippen LogP contribution in [0, 0.1) is 0 Å². The van der Waals surface area contributed by atoms with Crippen molar-refractivity contribution < 1.29 is 14.1 Å². The molecule has 2 aliphatic rings. The van der Waals surface area contributed by atoms with Gasteiger partial charge in [-0.3, -0.25) is 4.79 Å². The first-order chi connectivity index (χ1) is 12.8. The third-order valence-corrected chi connectivity index (χ3v) is 5.07. The van der Waals surface area contributed by atoms with E-state index in [0.29, 0.717) is 31.4 Å². The summed E-state index contributed by atoms with van der Waals surface area (Å²) >= 11 is 0. The van der Waals surface area contributed by atoms with Crippen LogP contribution in [-0.4, -0.2) is 40.1 Å². The van der Waals surface area contributed by atoms with E-state index in [-0.39, 0.29) is 12.0 Å². The molecule has 2 fully saturated rings. The summed E-state index contributed by atoms with van der Waals surface area (Å²) in [5.74, 6) is 2.04. The highest BCUT2D eigenvalue weighted by atomic mass is 16.5. The fourth-order valence-corrected chi connectivity index (χ4v) is 3.38. The van der Waals surface area contributed by atoms with Gasteiger partial charge in [0.25, 0.3) is 5.89 Å². The second-order valence-corrected chi connectivity index (χ2v) is 7.22. The van der Waals surface area contributed by atoms with Gasteiger partial charge in [0.15, 0.2) is 5.82 Å². The SMILES string of the molecule is O=C(CCc1ccccc1)N1CCC[C@H](OCc2nc(C3CC3)no2)C1. The summed E-state index contributed by atoms with van der Waals surface area (Å²) < 4.78 is 11.2. The van der Waals surface area contributed by atoms with Gasteiger partial charge in [-0.1, -0.05) is 35.5 Å². The molecule has 1 aromatic heterocycles. The van der Waals surface area contributed by atoms with Crippen LogP contribution in [0.3, 0.4) is 0 Å². The van der Waals surface area contributed by atoms with Gasteiger partial charge < -0.3 is 14.2 Å². The smallest absolute Gasteiger partial charge is 0.252 e. The first kappa shape index (κ1) is 17.2. The Labute approximate surface area is 153 Å². The minimum atomic E-state index is 0.0423. The number of rotatable bonds is 7. The van der Waals surface area contributed by atoms with Gasteiger partial charge in [-0.25, -0.2) is 0 Å². The quantitative estimate of drug-likeness (QED) is 0.763. The average Bonchev–Trinajstić information content (AvgIpc) is 3.44. The molecule has 6 heteroatoms. The normalized spacial score (nSPS) is 20.3. The molecule has 0 spiro atoms. The van der Waals surface area contributed by atoms with Crippen molar-refractivity contribution in [2.24, 2.45) is 0 Å². The first-order valence-electron chi connectivity index (χ1n) is 9.54. The summed E-state index contributed by atoms with van der Waals surface area (Å²) in [4.78, 5) is 18.8. The van der Waals surface area contributed by atoms with Crippen molar-refractivity contribution >= 4 is 5.91 Å². The molecule has 2 heterocycles. The van der Waals surface area contributed by atoms with E-state index in [1.54, 1.807) is 0 Å².